The van der Waals surface area contributed by atoms with Gasteiger partial charge in [0.2, 0.25) is 5.91 Å². The van der Waals surface area contributed by atoms with E-state index in [9.17, 15) is 4.79 Å². The smallest absolute Gasteiger partial charge is 0.235 e. The van der Waals surface area contributed by atoms with Crippen LogP contribution in [0.1, 0.15) is 19.8 Å². The Hall–Kier alpha value is -0.280. The van der Waals surface area contributed by atoms with Crippen LogP contribution < -0.4 is 5.32 Å². The van der Waals surface area contributed by atoms with E-state index in [1.54, 1.807) is 0 Å². The second-order valence-corrected chi connectivity index (χ2v) is 3.88. The quantitative estimate of drug-likeness (QED) is 0.688. The third-order valence-electron chi connectivity index (χ3n) is 2.26. The first-order chi connectivity index (χ1) is 6.22. The van der Waals surface area contributed by atoms with Crippen molar-refractivity contribution < 1.29 is 4.79 Å². The lowest BCUT2D eigenvalue weighted by Crippen LogP contribution is -2.41. The maximum atomic E-state index is 10.9. The number of amides is 1. The summed E-state index contributed by atoms with van der Waals surface area (Å²) in [6.07, 6.45) is 2.58. The molecule has 0 aromatic rings. The van der Waals surface area contributed by atoms with E-state index in [0.717, 1.165) is 6.54 Å². The third kappa shape index (κ3) is 3.96. The zero-order chi connectivity index (χ0) is 9.68. The molecule has 1 saturated heterocycles. The van der Waals surface area contributed by atoms with Gasteiger partial charge in [0.15, 0.2) is 0 Å². The number of nitrogens with one attached hydrogen (secondary N) is 1. The lowest BCUT2D eigenvalue weighted by Gasteiger charge is -2.20. The van der Waals surface area contributed by atoms with Crippen molar-refractivity contribution in [3.05, 3.63) is 0 Å². The molecular formula is C9H17ClN2O. The van der Waals surface area contributed by atoms with Crippen LogP contribution in [0, 0.1) is 0 Å². The molecule has 13 heavy (non-hydrogen) atoms. The second-order valence-electron chi connectivity index (χ2n) is 3.61. The lowest BCUT2D eigenvalue weighted by molar-refractivity contribution is -0.119. The average Bonchev–Trinajstić information content (AvgIpc) is 2.56. The summed E-state index contributed by atoms with van der Waals surface area (Å²) in [6.45, 7) is 5.30. The SMILES string of the molecule is CC(CN1CCCC1)NC(=O)CCl. The van der Waals surface area contributed by atoms with Crippen LogP contribution in [0.3, 0.4) is 0 Å². The van der Waals surface area contributed by atoms with Crippen LogP contribution in [0.15, 0.2) is 0 Å². The van der Waals surface area contributed by atoms with E-state index in [1.165, 1.54) is 25.9 Å². The molecule has 1 amide bonds. The van der Waals surface area contributed by atoms with Crippen LogP contribution in [0.25, 0.3) is 0 Å². The van der Waals surface area contributed by atoms with E-state index in [-0.39, 0.29) is 17.8 Å². The minimum absolute atomic E-state index is 0.0599. The summed E-state index contributed by atoms with van der Waals surface area (Å²) in [5.41, 5.74) is 0. The Bertz CT molecular complexity index is 169. The van der Waals surface area contributed by atoms with Crippen molar-refractivity contribution in [1.29, 1.82) is 0 Å². The minimum Gasteiger partial charge on any atom is -0.351 e. The number of nitrogens with zero attached hydrogens (tertiary/aromatic N) is 1. The Labute approximate surface area is 84.4 Å². The predicted octanol–water partition coefficient (Wildman–Crippen LogP) is 0.826. The number of hydrogen-bond acceptors (Lipinski definition) is 2. The molecule has 1 heterocycles. The van der Waals surface area contributed by atoms with Crippen molar-refractivity contribution in [2.24, 2.45) is 0 Å². The van der Waals surface area contributed by atoms with Crippen LogP contribution >= 0.6 is 11.6 Å². The molecule has 1 atom stereocenters. The molecule has 76 valence electrons. The first kappa shape index (κ1) is 10.8. The molecule has 0 aromatic carbocycles. The summed E-state index contributed by atoms with van der Waals surface area (Å²) >= 11 is 5.39. The van der Waals surface area contributed by atoms with Crippen molar-refractivity contribution in [2.45, 2.75) is 25.8 Å². The summed E-state index contributed by atoms with van der Waals surface area (Å²) in [5, 5.41) is 2.84. The number of likely N-dealkylation sites (tertiary alicyclic amines) is 1. The van der Waals surface area contributed by atoms with Gasteiger partial charge in [-0.15, -0.1) is 11.6 Å². The summed E-state index contributed by atoms with van der Waals surface area (Å²) in [5.74, 6) is -0.0157. The highest BCUT2D eigenvalue weighted by Crippen LogP contribution is 2.07. The number of carbonyl (C=O) groups is 1. The molecule has 1 aliphatic heterocycles. The molecule has 0 aliphatic carbocycles. The molecule has 1 N–H and O–H groups in total. The highest BCUT2D eigenvalue weighted by Gasteiger charge is 2.15. The number of alkyl halides is 1. The van der Waals surface area contributed by atoms with Crippen LogP contribution in [0.4, 0.5) is 0 Å². The number of carbonyl (C=O) groups excluding carboxylic acids is 1. The van der Waals surface area contributed by atoms with Gasteiger partial charge in [-0.05, 0) is 32.9 Å². The van der Waals surface area contributed by atoms with Crippen LogP contribution in [0.5, 0.6) is 0 Å². The van der Waals surface area contributed by atoms with E-state index in [2.05, 4.69) is 10.2 Å². The Morgan fingerprint density at radius 2 is 2.15 bits per heavy atom. The molecule has 0 aromatic heterocycles. The summed E-state index contributed by atoms with van der Waals surface area (Å²) < 4.78 is 0. The second kappa shape index (κ2) is 5.45. The molecule has 3 nitrogen and oxygen atoms in total. The van der Waals surface area contributed by atoms with Gasteiger partial charge in [0.05, 0.1) is 0 Å². The Morgan fingerprint density at radius 1 is 1.54 bits per heavy atom. The Balaban J connectivity index is 2.16. The van der Waals surface area contributed by atoms with E-state index in [0.29, 0.717) is 0 Å². The van der Waals surface area contributed by atoms with Gasteiger partial charge in [0.25, 0.3) is 0 Å². The number of halogens is 1. The lowest BCUT2D eigenvalue weighted by atomic mass is 10.3. The molecule has 0 saturated carbocycles. The third-order valence-corrected chi connectivity index (χ3v) is 2.50. The average molecular weight is 205 g/mol. The van der Waals surface area contributed by atoms with Gasteiger partial charge < -0.3 is 10.2 Å². The van der Waals surface area contributed by atoms with Gasteiger partial charge in [-0.25, -0.2) is 0 Å². The molecule has 1 unspecified atom stereocenters. The molecule has 0 spiro atoms. The molecular weight excluding hydrogens is 188 g/mol. The van der Waals surface area contributed by atoms with E-state index >= 15 is 0 Å². The van der Waals surface area contributed by atoms with Gasteiger partial charge in [-0.1, -0.05) is 0 Å². The van der Waals surface area contributed by atoms with Gasteiger partial charge >= 0.3 is 0 Å². The van der Waals surface area contributed by atoms with Crippen molar-refractivity contribution in [1.82, 2.24) is 10.2 Å². The highest BCUT2D eigenvalue weighted by molar-refractivity contribution is 6.27. The summed E-state index contributed by atoms with van der Waals surface area (Å²) in [7, 11) is 0. The number of hydrogen-bond donors (Lipinski definition) is 1. The fraction of sp³-hybridized carbons (Fsp3) is 0.889. The summed E-state index contributed by atoms with van der Waals surface area (Å²) in [6, 6.07) is 0.212. The van der Waals surface area contributed by atoms with Crippen LogP contribution in [-0.2, 0) is 4.79 Å². The largest absolute Gasteiger partial charge is 0.351 e. The van der Waals surface area contributed by atoms with Crippen molar-refractivity contribution in [2.75, 3.05) is 25.5 Å². The maximum absolute atomic E-state index is 10.9. The minimum atomic E-state index is -0.0756. The monoisotopic (exact) mass is 204 g/mol. The van der Waals surface area contributed by atoms with Crippen LogP contribution in [-0.4, -0.2) is 42.4 Å². The maximum Gasteiger partial charge on any atom is 0.235 e. The van der Waals surface area contributed by atoms with Crippen molar-refractivity contribution in [3.8, 4) is 0 Å². The highest BCUT2D eigenvalue weighted by atomic mass is 35.5. The Morgan fingerprint density at radius 3 is 2.69 bits per heavy atom. The number of rotatable bonds is 4. The van der Waals surface area contributed by atoms with E-state index in [4.69, 9.17) is 11.6 Å². The van der Waals surface area contributed by atoms with Crippen molar-refractivity contribution >= 4 is 17.5 Å². The fourth-order valence-corrected chi connectivity index (χ4v) is 1.79. The topological polar surface area (TPSA) is 32.3 Å². The standard InChI is InChI=1S/C9H17ClN2O/c1-8(11-9(13)6-10)7-12-4-2-3-5-12/h8H,2-7H2,1H3,(H,11,13). The molecule has 0 bridgehead atoms. The molecule has 1 rings (SSSR count). The molecule has 4 heteroatoms. The van der Waals surface area contributed by atoms with Gasteiger partial charge in [-0.3, -0.25) is 4.79 Å². The molecule has 1 fully saturated rings. The zero-order valence-corrected chi connectivity index (χ0v) is 8.81. The molecule has 1 aliphatic rings. The van der Waals surface area contributed by atoms with Crippen molar-refractivity contribution in [3.63, 3.8) is 0 Å². The summed E-state index contributed by atoms with van der Waals surface area (Å²) in [4.78, 5) is 13.3. The normalized spacial score (nSPS) is 20.2. The zero-order valence-electron chi connectivity index (χ0n) is 8.05. The van der Waals surface area contributed by atoms with E-state index in [1.807, 2.05) is 6.92 Å². The predicted molar refractivity (Wildman–Crippen MR) is 54.0 cm³/mol. The van der Waals surface area contributed by atoms with Gasteiger partial charge in [0, 0.05) is 12.6 Å². The van der Waals surface area contributed by atoms with Crippen LogP contribution in [0.2, 0.25) is 0 Å². The first-order valence-corrected chi connectivity index (χ1v) is 5.33. The molecule has 0 radical (unpaired) electrons. The van der Waals surface area contributed by atoms with E-state index < -0.39 is 0 Å². The Kier molecular flexibility index (Phi) is 4.53. The van der Waals surface area contributed by atoms with Gasteiger partial charge in [-0.2, -0.15) is 0 Å². The fourth-order valence-electron chi connectivity index (χ4n) is 1.71. The van der Waals surface area contributed by atoms with Gasteiger partial charge in [0.1, 0.15) is 5.88 Å². The first-order valence-electron chi connectivity index (χ1n) is 4.80.